The molecule has 1 N–H and O–H groups in total. The fourth-order valence-corrected chi connectivity index (χ4v) is 5.53. The van der Waals surface area contributed by atoms with Gasteiger partial charge in [-0.1, -0.05) is 31.5 Å². The molecule has 1 aromatic heterocycles. The fraction of sp³-hybridized carbons (Fsp3) is 0.333. The van der Waals surface area contributed by atoms with Crippen LogP contribution in [-0.2, 0) is 19.5 Å². The SMILES string of the molecule is COC(=O)c1cc(C(C)C)ccc1Nc1c(S(=O)(=O)N2CCOCC2)cnc2ccc(Cl)cc12. The van der Waals surface area contributed by atoms with Crippen LogP contribution in [0.2, 0.25) is 5.02 Å². The Morgan fingerprint density at radius 2 is 1.91 bits per heavy atom. The predicted octanol–water partition coefficient (Wildman–Crippen LogP) is 4.56. The summed E-state index contributed by atoms with van der Waals surface area (Å²) in [6.45, 7) is 5.16. The van der Waals surface area contributed by atoms with Crippen LogP contribution >= 0.6 is 11.6 Å². The van der Waals surface area contributed by atoms with Crippen LogP contribution in [0.4, 0.5) is 11.4 Å². The Kier molecular flexibility index (Phi) is 7.09. The highest BCUT2D eigenvalue weighted by Crippen LogP contribution is 2.36. The minimum absolute atomic E-state index is 0.00656. The number of nitrogens with zero attached hydrogens (tertiary/aromatic N) is 2. The Morgan fingerprint density at radius 3 is 2.59 bits per heavy atom. The first-order valence-electron chi connectivity index (χ1n) is 10.9. The summed E-state index contributed by atoms with van der Waals surface area (Å²) in [6.07, 6.45) is 1.34. The molecule has 0 bridgehead atoms. The number of hydrogen-bond donors (Lipinski definition) is 1. The summed E-state index contributed by atoms with van der Waals surface area (Å²) in [6, 6.07) is 10.5. The molecule has 0 radical (unpaired) electrons. The van der Waals surface area contributed by atoms with Crippen molar-refractivity contribution in [2.24, 2.45) is 0 Å². The molecule has 3 aromatic rings. The first-order chi connectivity index (χ1) is 16.2. The van der Waals surface area contributed by atoms with Crippen molar-refractivity contribution in [3.63, 3.8) is 0 Å². The van der Waals surface area contributed by atoms with Crippen molar-refractivity contribution in [1.29, 1.82) is 0 Å². The third kappa shape index (κ3) is 4.74. The van der Waals surface area contributed by atoms with E-state index >= 15 is 0 Å². The van der Waals surface area contributed by atoms with E-state index in [4.69, 9.17) is 21.1 Å². The molecule has 0 saturated carbocycles. The van der Waals surface area contributed by atoms with E-state index in [0.29, 0.717) is 46.1 Å². The number of ether oxygens (including phenoxy) is 2. The number of fused-ring (bicyclic) bond motifs is 1. The van der Waals surface area contributed by atoms with Gasteiger partial charge in [0.05, 0.1) is 42.8 Å². The van der Waals surface area contributed by atoms with Gasteiger partial charge in [-0.2, -0.15) is 4.31 Å². The number of halogens is 1. The van der Waals surface area contributed by atoms with Gasteiger partial charge in [0.15, 0.2) is 0 Å². The van der Waals surface area contributed by atoms with E-state index < -0.39 is 16.0 Å². The molecular formula is C24H26ClN3O5S. The lowest BCUT2D eigenvalue weighted by Crippen LogP contribution is -2.40. The Hall–Kier alpha value is -2.72. The van der Waals surface area contributed by atoms with Crippen LogP contribution < -0.4 is 5.32 Å². The number of nitrogens with one attached hydrogen (secondary N) is 1. The number of hydrogen-bond acceptors (Lipinski definition) is 7. The number of sulfonamides is 1. The zero-order valence-electron chi connectivity index (χ0n) is 19.2. The highest BCUT2D eigenvalue weighted by Gasteiger charge is 2.30. The summed E-state index contributed by atoms with van der Waals surface area (Å²) >= 11 is 6.26. The molecule has 180 valence electrons. The second kappa shape index (κ2) is 9.87. The molecule has 34 heavy (non-hydrogen) atoms. The zero-order chi connectivity index (χ0) is 24.5. The van der Waals surface area contributed by atoms with Crippen molar-refractivity contribution >= 4 is 49.9 Å². The molecule has 10 heteroatoms. The lowest BCUT2D eigenvalue weighted by molar-refractivity contribution is 0.0601. The molecule has 0 aliphatic carbocycles. The molecule has 1 fully saturated rings. The van der Waals surface area contributed by atoms with Crippen LogP contribution in [0, 0.1) is 0 Å². The lowest BCUT2D eigenvalue weighted by Gasteiger charge is -2.27. The maximum Gasteiger partial charge on any atom is 0.339 e. The Balaban J connectivity index is 1.92. The number of methoxy groups -OCH3 is 1. The highest BCUT2D eigenvalue weighted by atomic mass is 35.5. The highest BCUT2D eigenvalue weighted by molar-refractivity contribution is 7.89. The van der Waals surface area contributed by atoms with Crippen molar-refractivity contribution in [3.05, 3.63) is 58.7 Å². The minimum Gasteiger partial charge on any atom is -0.465 e. The number of morpholine rings is 1. The first kappa shape index (κ1) is 24.4. The van der Waals surface area contributed by atoms with Gasteiger partial charge in [0.1, 0.15) is 4.90 Å². The van der Waals surface area contributed by atoms with Gasteiger partial charge in [0.25, 0.3) is 0 Å². The van der Waals surface area contributed by atoms with Gasteiger partial charge in [0.2, 0.25) is 10.0 Å². The molecule has 8 nitrogen and oxygen atoms in total. The van der Waals surface area contributed by atoms with Gasteiger partial charge in [-0.25, -0.2) is 13.2 Å². The molecule has 2 aromatic carbocycles. The van der Waals surface area contributed by atoms with E-state index in [1.165, 1.54) is 17.6 Å². The maximum atomic E-state index is 13.6. The van der Waals surface area contributed by atoms with Gasteiger partial charge >= 0.3 is 5.97 Å². The lowest BCUT2D eigenvalue weighted by atomic mass is 9.99. The van der Waals surface area contributed by atoms with Gasteiger partial charge < -0.3 is 14.8 Å². The summed E-state index contributed by atoms with van der Waals surface area (Å²) < 4.78 is 38.9. The zero-order valence-corrected chi connectivity index (χ0v) is 20.7. The van der Waals surface area contributed by atoms with E-state index in [1.54, 1.807) is 30.3 Å². The third-order valence-corrected chi connectivity index (χ3v) is 7.90. The van der Waals surface area contributed by atoms with Crippen LogP contribution in [0.15, 0.2) is 47.5 Å². The van der Waals surface area contributed by atoms with E-state index in [0.717, 1.165) is 5.56 Å². The number of carbonyl (C=O) groups excluding carboxylic acids is 1. The monoisotopic (exact) mass is 503 g/mol. The smallest absolute Gasteiger partial charge is 0.339 e. The fourth-order valence-electron chi connectivity index (χ4n) is 3.84. The number of carbonyl (C=O) groups is 1. The average Bonchev–Trinajstić information content (AvgIpc) is 2.84. The Bertz CT molecular complexity index is 1340. The molecule has 1 aliphatic heterocycles. The number of benzene rings is 2. The van der Waals surface area contributed by atoms with Gasteiger partial charge in [0, 0.05) is 29.7 Å². The molecule has 1 saturated heterocycles. The van der Waals surface area contributed by atoms with Crippen LogP contribution in [0.3, 0.4) is 0 Å². The van der Waals surface area contributed by atoms with Gasteiger partial charge in [-0.3, -0.25) is 4.98 Å². The third-order valence-electron chi connectivity index (χ3n) is 5.76. The maximum absolute atomic E-state index is 13.6. The second-order valence-corrected chi connectivity index (χ2v) is 10.6. The largest absolute Gasteiger partial charge is 0.465 e. The minimum atomic E-state index is -3.91. The normalized spacial score (nSPS) is 15.0. The summed E-state index contributed by atoms with van der Waals surface area (Å²) in [5, 5.41) is 4.15. The van der Waals surface area contributed by atoms with Crippen LogP contribution in [-0.4, -0.2) is 57.1 Å². The number of aromatic nitrogens is 1. The van der Waals surface area contributed by atoms with Crippen LogP contribution in [0.25, 0.3) is 10.9 Å². The number of pyridine rings is 1. The molecular weight excluding hydrogens is 478 g/mol. The van der Waals surface area contributed by atoms with Crippen molar-refractivity contribution in [3.8, 4) is 0 Å². The van der Waals surface area contributed by atoms with Crippen molar-refractivity contribution in [2.45, 2.75) is 24.7 Å². The molecule has 1 aliphatic rings. The van der Waals surface area contributed by atoms with Crippen LogP contribution in [0.1, 0.15) is 35.7 Å². The Morgan fingerprint density at radius 1 is 1.18 bits per heavy atom. The van der Waals surface area contributed by atoms with E-state index in [9.17, 15) is 13.2 Å². The molecule has 0 spiro atoms. The van der Waals surface area contributed by atoms with Crippen molar-refractivity contribution < 1.29 is 22.7 Å². The topological polar surface area (TPSA) is 97.8 Å². The quantitative estimate of drug-likeness (QED) is 0.492. The predicted molar refractivity (Wildman–Crippen MR) is 131 cm³/mol. The first-order valence-corrected chi connectivity index (χ1v) is 12.7. The Labute approximate surface area is 203 Å². The average molecular weight is 504 g/mol. The summed E-state index contributed by atoms with van der Waals surface area (Å²) in [5.74, 6) is -0.339. The van der Waals surface area contributed by atoms with Gasteiger partial charge in [-0.15, -0.1) is 0 Å². The molecule has 2 heterocycles. The van der Waals surface area contributed by atoms with Gasteiger partial charge in [-0.05, 0) is 41.8 Å². The van der Waals surface area contributed by atoms with Crippen LogP contribution in [0.5, 0.6) is 0 Å². The standard InChI is InChI=1S/C24H26ClN3O5S/c1-15(2)16-4-6-21(19(12-16)24(29)32-3)27-23-18-13-17(25)5-7-20(18)26-14-22(23)34(30,31)28-8-10-33-11-9-28/h4-7,12-15H,8-11H2,1-3H3,(H,26,27). The van der Waals surface area contributed by atoms with E-state index in [2.05, 4.69) is 10.3 Å². The molecule has 0 amide bonds. The van der Waals surface area contributed by atoms with E-state index in [-0.39, 0.29) is 23.9 Å². The molecule has 0 unspecified atom stereocenters. The van der Waals surface area contributed by atoms with Crippen molar-refractivity contribution in [1.82, 2.24) is 9.29 Å². The van der Waals surface area contributed by atoms with E-state index in [1.807, 2.05) is 19.9 Å². The number of rotatable bonds is 6. The number of esters is 1. The summed E-state index contributed by atoms with van der Waals surface area (Å²) in [5.41, 5.74) is 2.53. The summed E-state index contributed by atoms with van der Waals surface area (Å²) in [7, 11) is -2.60. The summed E-state index contributed by atoms with van der Waals surface area (Å²) in [4.78, 5) is 17.0. The molecule has 0 atom stereocenters. The molecule has 4 rings (SSSR count). The second-order valence-electron chi connectivity index (χ2n) is 8.25. The van der Waals surface area contributed by atoms with Crippen molar-refractivity contribution in [2.75, 3.05) is 38.7 Å². The number of anilines is 2.